The zero-order valence-corrected chi connectivity index (χ0v) is 12.7. The Balaban J connectivity index is 1.74. The van der Waals surface area contributed by atoms with Crippen molar-refractivity contribution in [1.82, 2.24) is 9.80 Å². The quantitative estimate of drug-likeness (QED) is 0.919. The summed E-state index contributed by atoms with van der Waals surface area (Å²) in [6.45, 7) is 5.63. The lowest BCUT2D eigenvalue weighted by Gasteiger charge is -2.48. The summed E-state index contributed by atoms with van der Waals surface area (Å²) in [6, 6.07) is 5.11. The number of fused-ring (bicyclic) bond motifs is 1. The van der Waals surface area contributed by atoms with Crippen molar-refractivity contribution in [1.29, 1.82) is 0 Å². The average molecular weight is 277 g/mol. The van der Waals surface area contributed by atoms with Crippen molar-refractivity contribution in [2.75, 3.05) is 26.7 Å². The molecule has 2 N–H and O–H groups in total. The standard InChI is InChI=1S/C16H27N3O/c1-12(17)16(15-6-4-10-20-15)19-9-7-14-13(11-19)5-3-8-18(14)2/h4,6,10,12-14,16H,3,5,7-9,11,17H2,1-2H3. The smallest absolute Gasteiger partial charge is 0.122 e. The fraction of sp³-hybridized carbons (Fsp3) is 0.750. The summed E-state index contributed by atoms with van der Waals surface area (Å²) in [5, 5.41) is 0. The van der Waals surface area contributed by atoms with Crippen LogP contribution >= 0.6 is 0 Å². The highest BCUT2D eigenvalue weighted by atomic mass is 16.3. The molecule has 0 amide bonds. The van der Waals surface area contributed by atoms with E-state index in [1.165, 1.54) is 25.8 Å². The molecule has 0 aromatic carbocycles. The number of rotatable bonds is 3. The van der Waals surface area contributed by atoms with Gasteiger partial charge >= 0.3 is 0 Å². The van der Waals surface area contributed by atoms with Gasteiger partial charge < -0.3 is 15.1 Å². The maximum atomic E-state index is 6.24. The fourth-order valence-electron chi connectivity index (χ4n) is 4.16. The van der Waals surface area contributed by atoms with E-state index in [0.29, 0.717) is 0 Å². The molecule has 0 saturated carbocycles. The van der Waals surface area contributed by atoms with Gasteiger partial charge in [0.2, 0.25) is 0 Å². The SMILES string of the molecule is CC(N)C(c1ccco1)N1CCC2C(CCCN2C)C1. The van der Waals surface area contributed by atoms with Crippen molar-refractivity contribution >= 4 is 0 Å². The lowest BCUT2D eigenvalue weighted by atomic mass is 9.83. The summed E-state index contributed by atoms with van der Waals surface area (Å²) in [4.78, 5) is 5.10. The molecule has 4 unspecified atom stereocenters. The zero-order chi connectivity index (χ0) is 14.1. The molecule has 0 bridgehead atoms. The molecule has 2 aliphatic rings. The van der Waals surface area contributed by atoms with E-state index < -0.39 is 0 Å². The first-order valence-electron chi connectivity index (χ1n) is 7.90. The average Bonchev–Trinajstić information content (AvgIpc) is 2.92. The van der Waals surface area contributed by atoms with Crippen LogP contribution in [0, 0.1) is 5.92 Å². The van der Waals surface area contributed by atoms with Crippen LogP contribution in [-0.4, -0.2) is 48.6 Å². The lowest BCUT2D eigenvalue weighted by molar-refractivity contribution is 0.0109. The summed E-state index contributed by atoms with van der Waals surface area (Å²) in [7, 11) is 2.28. The Kier molecular flexibility index (Phi) is 4.15. The molecule has 3 rings (SSSR count). The molecule has 1 aromatic heterocycles. The summed E-state index contributed by atoms with van der Waals surface area (Å²) in [5.41, 5.74) is 6.24. The summed E-state index contributed by atoms with van der Waals surface area (Å²) in [5.74, 6) is 1.81. The minimum absolute atomic E-state index is 0.0963. The molecule has 4 atom stereocenters. The van der Waals surface area contributed by atoms with Gasteiger partial charge in [0.15, 0.2) is 0 Å². The molecular weight excluding hydrogens is 250 g/mol. The van der Waals surface area contributed by atoms with Gasteiger partial charge in [-0.1, -0.05) is 0 Å². The van der Waals surface area contributed by atoms with Crippen LogP contribution in [0.1, 0.15) is 38.0 Å². The van der Waals surface area contributed by atoms with Gasteiger partial charge in [-0.2, -0.15) is 0 Å². The molecule has 2 aliphatic heterocycles. The van der Waals surface area contributed by atoms with E-state index in [1.807, 2.05) is 6.07 Å². The van der Waals surface area contributed by atoms with E-state index in [1.54, 1.807) is 6.26 Å². The molecule has 2 fully saturated rings. The number of piperidine rings is 2. The minimum atomic E-state index is 0.0963. The predicted molar refractivity (Wildman–Crippen MR) is 80.4 cm³/mol. The van der Waals surface area contributed by atoms with Crippen LogP contribution in [0.5, 0.6) is 0 Å². The molecule has 0 radical (unpaired) electrons. The van der Waals surface area contributed by atoms with Gasteiger partial charge in [0.1, 0.15) is 5.76 Å². The highest BCUT2D eigenvalue weighted by molar-refractivity contribution is 5.08. The maximum absolute atomic E-state index is 6.24. The van der Waals surface area contributed by atoms with E-state index in [-0.39, 0.29) is 12.1 Å². The molecule has 1 aromatic rings. The number of hydrogen-bond donors (Lipinski definition) is 1. The number of hydrogen-bond acceptors (Lipinski definition) is 4. The Hall–Kier alpha value is -0.840. The second-order valence-corrected chi connectivity index (χ2v) is 6.55. The number of furan rings is 1. The molecule has 0 aliphatic carbocycles. The Morgan fingerprint density at radius 3 is 2.90 bits per heavy atom. The second kappa shape index (κ2) is 5.88. The molecule has 2 saturated heterocycles. The van der Waals surface area contributed by atoms with Crippen LogP contribution < -0.4 is 5.73 Å². The monoisotopic (exact) mass is 277 g/mol. The van der Waals surface area contributed by atoms with Crippen LogP contribution in [0.15, 0.2) is 22.8 Å². The van der Waals surface area contributed by atoms with Gasteiger partial charge in [-0.3, -0.25) is 4.90 Å². The third-order valence-electron chi connectivity index (χ3n) is 5.10. The Bertz CT molecular complexity index is 417. The number of nitrogens with two attached hydrogens (primary N) is 1. The van der Waals surface area contributed by atoms with Crippen molar-refractivity contribution in [3.8, 4) is 0 Å². The highest BCUT2D eigenvalue weighted by Gasteiger charge is 2.38. The van der Waals surface area contributed by atoms with Crippen LogP contribution in [0.25, 0.3) is 0 Å². The first-order chi connectivity index (χ1) is 9.66. The minimum Gasteiger partial charge on any atom is -0.468 e. The summed E-state index contributed by atoms with van der Waals surface area (Å²) >= 11 is 0. The Labute approximate surface area is 121 Å². The third kappa shape index (κ3) is 2.65. The van der Waals surface area contributed by atoms with Crippen LogP contribution in [0.4, 0.5) is 0 Å². The molecule has 112 valence electrons. The lowest BCUT2D eigenvalue weighted by Crippen LogP contribution is -2.54. The molecule has 4 nitrogen and oxygen atoms in total. The fourth-order valence-corrected chi connectivity index (χ4v) is 4.16. The third-order valence-corrected chi connectivity index (χ3v) is 5.10. The van der Waals surface area contributed by atoms with Crippen molar-refractivity contribution in [3.05, 3.63) is 24.2 Å². The van der Waals surface area contributed by atoms with Gasteiger partial charge in [0.25, 0.3) is 0 Å². The van der Waals surface area contributed by atoms with Gasteiger partial charge in [0, 0.05) is 25.2 Å². The number of nitrogens with zero attached hydrogens (tertiary/aromatic N) is 2. The van der Waals surface area contributed by atoms with Gasteiger partial charge in [-0.25, -0.2) is 0 Å². The zero-order valence-electron chi connectivity index (χ0n) is 12.7. The van der Waals surface area contributed by atoms with Gasteiger partial charge in [0.05, 0.1) is 12.3 Å². The van der Waals surface area contributed by atoms with Crippen molar-refractivity contribution in [2.24, 2.45) is 11.7 Å². The Morgan fingerprint density at radius 1 is 1.35 bits per heavy atom. The first-order valence-corrected chi connectivity index (χ1v) is 7.90. The van der Waals surface area contributed by atoms with E-state index >= 15 is 0 Å². The van der Waals surface area contributed by atoms with Crippen molar-refractivity contribution < 1.29 is 4.42 Å². The molecule has 20 heavy (non-hydrogen) atoms. The van der Waals surface area contributed by atoms with Crippen LogP contribution in [0.3, 0.4) is 0 Å². The summed E-state index contributed by atoms with van der Waals surface area (Å²) < 4.78 is 5.64. The normalized spacial score (nSPS) is 31.8. The van der Waals surface area contributed by atoms with E-state index in [9.17, 15) is 0 Å². The topological polar surface area (TPSA) is 45.6 Å². The molecule has 4 heteroatoms. The molecule has 0 spiro atoms. The maximum Gasteiger partial charge on any atom is 0.122 e. The van der Waals surface area contributed by atoms with E-state index in [4.69, 9.17) is 10.2 Å². The van der Waals surface area contributed by atoms with Crippen LogP contribution in [0.2, 0.25) is 0 Å². The van der Waals surface area contributed by atoms with Gasteiger partial charge in [-0.15, -0.1) is 0 Å². The van der Waals surface area contributed by atoms with E-state index in [2.05, 4.69) is 29.8 Å². The number of likely N-dealkylation sites (tertiary alicyclic amines) is 2. The second-order valence-electron chi connectivity index (χ2n) is 6.55. The first kappa shape index (κ1) is 14.1. The van der Waals surface area contributed by atoms with Gasteiger partial charge in [-0.05, 0) is 57.8 Å². The highest BCUT2D eigenvalue weighted by Crippen LogP contribution is 2.34. The molecule has 3 heterocycles. The predicted octanol–water partition coefficient (Wildman–Crippen LogP) is 2.08. The van der Waals surface area contributed by atoms with Crippen molar-refractivity contribution in [3.63, 3.8) is 0 Å². The Morgan fingerprint density at radius 2 is 2.20 bits per heavy atom. The largest absolute Gasteiger partial charge is 0.468 e. The van der Waals surface area contributed by atoms with Crippen LogP contribution in [-0.2, 0) is 0 Å². The van der Waals surface area contributed by atoms with Crippen molar-refractivity contribution in [2.45, 2.75) is 44.3 Å². The molecular formula is C16H27N3O. The summed E-state index contributed by atoms with van der Waals surface area (Å²) in [6.07, 6.45) is 5.70. The van der Waals surface area contributed by atoms with E-state index in [0.717, 1.165) is 30.8 Å².